The van der Waals surface area contributed by atoms with E-state index >= 15 is 0 Å². The summed E-state index contributed by atoms with van der Waals surface area (Å²) in [5.74, 6) is -0.765. The lowest BCUT2D eigenvalue weighted by atomic mass is 10.1. The Morgan fingerprint density at radius 3 is 2.20 bits per heavy atom. The predicted molar refractivity (Wildman–Crippen MR) is 83.2 cm³/mol. The minimum absolute atomic E-state index is 0.454. The molecule has 0 spiro atoms. The summed E-state index contributed by atoms with van der Waals surface area (Å²) < 4.78 is 0. The van der Waals surface area contributed by atoms with Gasteiger partial charge in [-0.25, -0.2) is 0 Å². The van der Waals surface area contributed by atoms with Crippen molar-refractivity contribution >= 4 is 17.7 Å². The molecule has 0 radical (unpaired) electrons. The van der Waals surface area contributed by atoms with Gasteiger partial charge >= 0.3 is 5.97 Å². The summed E-state index contributed by atoms with van der Waals surface area (Å²) in [7, 11) is 0. The highest BCUT2D eigenvalue weighted by molar-refractivity contribution is 8.00. The van der Waals surface area contributed by atoms with Gasteiger partial charge in [-0.05, 0) is 36.1 Å². The van der Waals surface area contributed by atoms with Crippen LogP contribution in [0.15, 0.2) is 59.5 Å². The Kier molecular flexibility index (Phi) is 5.24. The van der Waals surface area contributed by atoms with Crippen molar-refractivity contribution in [3.05, 3.63) is 65.7 Å². The number of carboxylic acids is 1. The Morgan fingerprint density at radius 2 is 1.65 bits per heavy atom. The molecule has 2 aromatic carbocycles. The van der Waals surface area contributed by atoms with Crippen LogP contribution in [0.2, 0.25) is 0 Å². The van der Waals surface area contributed by atoms with Gasteiger partial charge in [0.1, 0.15) is 5.25 Å². The minimum Gasteiger partial charge on any atom is -0.480 e. The van der Waals surface area contributed by atoms with E-state index in [-0.39, 0.29) is 0 Å². The van der Waals surface area contributed by atoms with Crippen molar-refractivity contribution in [3.63, 3.8) is 0 Å². The van der Waals surface area contributed by atoms with Crippen LogP contribution >= 0.6 is 11.8 Å². The molecular formula is C17H18O2S. The first-order valence-corrected chi connectivity index (χ1v) is 7.59. The summed E-state index contributed by atoms with van der Waals surface area (Å²) in [5, 5.41) is 8.92. The van der Waals surface area contributed by atoms with Crippen molar-refractivity contribution in [2.24, 2.45) is 0 Å². The molecule has 2 aromatic rings. The van der Waals surface area contributed by atoms with Gasteiger partial charge in [-0.1, -0.05) is 49.4 Å². The third kappa shape index (κ3) is 4.14. The average molecular weight is 286 g/mol. The van der Waals surface area contributed by atoms with E-state index in [4.69, 9.17) is 0 Å². The molecule has 2 rings (SSSR count). The fraction of sp³-hybridized carbons (Fsp3) is 0.235. The molecule has 0 aliphatic rings. The summed E-state index contributed by atoms with van der Waals surface area (Å²) >= 11 is 1.40. The largest absolute Gasteiger partial charge is 0.480 e. The van der Waals surface area contributed by atoms with Crippen LogP contribution in [0.1, 0.15) is 18.1 Å². The number of hydrogen-bond acceptors (Lipinski definition) is 2. The van der Waals surface area contributed by atoms with Gasteiger partial charge in [-0.2, -0.15) is 0 Å². The topological polar surface area (TPSA) is 37.3 Å². The van der Waals surface area contributed by atoms with Gasteiger partial charge in [-0.3, -0.25) is 4.79 Å². The first-order valence-electron chi connectivity index (χ1n) is 6.71. The van der Waals surface area contributed by atoms with E-state index in [9.17, 15) is 9.90 Å². The average Bonchev–Trinajstić information content (AvgIpc) is 2.48. The number of aryl methyl sites for hydroxylation is 1. The van der Waals surface area contributed by atoms with Gasteiger partial charge in [0.15, 0.2) is 0 Å². The summed E-state index contributed by atoms with van der Waals surface area (Å²) in [4.78, 5) is 12.4. The number of aliphatic carboxylic acids is 1. The zero-order chi connectivity index (χ0) is 14.4. The molecule has 0 saturated carbocycles. The fourth-order valence-electron chi connectivity index (χ4n) is 1.97. The lowest BCUT2D eigenvalue weighted by molar-refractivity contribution is -0.136. The molecule has 0 aliphatic carbocycles. The molecule has 0 amide bonds. The van der Waals surface area contributed by atoms with Crippen molar-refractivity contribution in [1.82, 2.24) is 0 Å². The standard InChI is InChI=1S/C17H18O2S/c1-2-13-8-10-14(11-9-13)12-16(17(18)19)20-15-6-4-3-5-7-15/h3-11,16H,2,12H2,1H3,(H,18,19)/t16-/m1/s1. The van der Waals surface area contributed by atoms with Gasteiger partial charge < -0.3 is 5.11 Å². The van der Waals surface area contributed by atoms with E-state index in [2.05, 4.69) is 19.1 Å². The predicted octanol–water partition coefficient (Wildman–Crippen LogP) is 4.04. The maximum atomic E-state index is 11.4. The van der Waals surface area contributed by atoms with Crippen LogP contribution in [0.5, 0.6) is 0 Å². The smallest absolute Gasteiger partial charge is 0.317 e. The van der Waals surface area contributed by atoms with Gasteiger partial charge in [0, 0.05) is 4.90 Å². The van der Waals surface area contributed by atoms with Gasteiger partial charge in [0.2, 0.25) is 0 Å². The Morgan fingerprint density at radius 1 is 1.05 bits per heavy atom. The second-order valence-corrected chi connectivity index (χ2v) is 5.91. The number of hydrogen-bond donors (Lipinski definition) is 1. The Labute approximate surface area is 123 Å². The van der Waals surface area contributed by atoms with Crippen molar-refractivity contribution in [2.75, 3.05) is 0 Å². The van der Waals surface area contributed by atoms with Crippen LogP contribution in [-0.2, 0) is 17.6 Å². The van der Waals surface area contributed by atoms with E-state index in [1.165, 1.54) is 17.3 Å². The lowest BCUT2D eigenvalue weighted by Crippen LogP contribution is -2.19. The quantitative estimate of drug-likeness (QED) is 0.814. The van der Waals surface area contributed by atoms with E-state index in [1.807, 2.05) is 42.5 Å². The van der Waals surface area contributed by atoms with Crippen LogP contribution in [0.25, 0.3) is 0 Å². The molecule has 0 saturated heterocycles. The van der Waals surface area contributed by atoms with Crippen molar-refractivity contribution < 1.29 is 9.90 Å². The summed E-state index contributed by atoms with van der Waals surface area (Å²) in [6.45, 7) is 2.11. The summed E-state index contributed by atoms with van der Waals surface area (Å²) in [5.41, 5.74) is 2.34. The van der Waals surface area contributed by atoms with Gasteiger partial charge in [-0.15, -0.1) is 11.8 Å². The molecule has 0 bridgehead atoms. The molecular weight excluding hydrogens is 268 g/mol. The normalized spacial score (nSPS) is 12.1. The van der Waals surface area contributed by atoms with Crippen molar-refractivity contribution in [2.45, 2.75) is 29.9 Å². The molecule has 0 fully saturated rings. The summed E-state index contributed by atoms with van der Waals surface area (Å²) in [6, 6.07) is 17.9. The molecule has 1 atom stereocenters. The summed E-state index contributed by atoms with van der Waals surface area (Å²) in [6.07, 6.45) is 1.54. The molecule has 0 heterocycles. The minimum atomic E-state index is -0.765. The zero-order valence-corrected chi connectivity index (χ0v) is 12.3. The molecule has 20 heavy (non-hydrogen) atoms. The fourth-order valence-corrected chi connectivity index (χ4v) is 2.99. The number of carbonyl (C=O) groups is 1. The van der Waals surface area contributed by atoms with E-state index < -0.39 is 11.2 Å². The molecule has 2 nitrogen and oxygen atoms in total. The maximum Gasteiger partial charge on any atom is 0.317 e. The number of thioether (sulfide) groups is 1. The van der Waals surface area contributed by atoms with E-state index in [0.29, 0.717) is 6.42 Å². The van der Waals surface area contributed by atoms with Crippen LogP contribution in [-0.4, -0.2) is 16.3 Å². The lowest BCUT2D eigenvalue weighted by Gasteiger charge is -2.12. The SMILES string of the molecule is CCc1ccc(C[C@@H](Sc2ccccc2)C(=O)O)cc1. The number of rotatable bonds is 6. The number of carboxylic acid groups (broad SMARTS) is 1. The molecule has 0 aromatic heterocycles. The monoisotopic (exact) mass is 286 g/mol. The van der Waals surface area contributed by atoms with E-state index in [1.54, 1.807) is 0 Å². The third-order valence-electron chi connectivity index (χ3n) is 3.15. The molecule has 3 heteroatoms. The van der Waals surface area contributed by atoms with Gasteiger partial charge in [0.05, 0.1) is 0 Å². The van der Waals surface area contributed by atoms with E-state index in [0.717, 1.165) is 16.9 Å². The highest BCUT2D eigenvalue weighted by Gasteiger charge is 2.19. The highest BCUT2D eigenvalue weighted by Crippen LogP contribution is 2.26. The molecule has 1 N–H and O–H groups in total. The molecule has 104 valence electrons. The first-order chi connectivity index (χ1) is 9.69. The molecule has 0 aliphatic heterocycles. The third-order valence-corrected chi connectivity index (χ3v) is 4.35. The van der Waals surface area contributed by atoms with Crippen molar-refractivity contribution in [1.29, 1.82) is 0 Å². The maximum absolute atomic E-state index is 11.4. The van der Waals surface area contributed by atoms with Crippen LogP contribution in [0.3, 0.4) is 0 Å². The van der Waals surface area contributed by atoms with Crippen LogP contribution < -0.4 is 0 Å². The Hall–Kier alpha value is -1.74. The highest BCUT2D eigenvalue weighted by atomic mass is 32.2. The second kappa shape index (κ2) is 7.15. The Bertz CT molecular complexity index is 549. The van der Waals surface area contributed by atoms with Crippen molar-refractivity contribution in [3.8, 4) is 0 Å². The zero-order valence-electron chi connectivity index (χ0n) is 11.5. The first kappa shape index (κ1) is 14.7. The van der Waals surface area contributed by atoms with Crippen LogP contribution in [0.4, 0.5) is 0 Å². The number of benzene rings is 2. The van der Waals surface area contributed by atoms with Gasteiger partial charge in [0.25, 0.3) is 0 Å². The Balaban J connectivity index is 2.07. The second-order valence-electron chi connectivity index (χ2n) is 4.63. The molecule has 0 unspecified atom stereocenters. The van der Waals surface area contributed by atoms with Crippen LogP contribution in [0, 0.1) is 0 Å².